The first-order chi connectivity index (χ1) is 10.7. The van der Waals surface area contributed by atoms with Crippen LogP contribution in [-0.2, 0) is 13.0 Å². The van der Waals surface area contributed by atoms with Crippen molar-refractivity contribution in [2.75, 3.05) is 33.7 Å². The summed E-state index contributed by atoms with van der Waals surface area (Å²) in [5, 5.41) is 0. The van der Waals surface area contributed by atoms with E-state index in [9.17, 15) is 0 Å². The van der Waals surface area contributed by atoms with Crippen LogP contribution in [0, 0.1) is 11.8 Å². The van der Waals surface area contributed by atoms with Crippen molar-refractivity contribution in [3.05, 3.63) is 35.4 Å². The topological polar surface area (TPSA) is 6.48 Å². The highest BCUT2D eigenvalue weighted by Gasteiger charge is 2.29. The summed E-state index contributed by atoms with van der Waals surface area (Å²) in [4.78, 5) is 4.87. The van der Waals surface area contributed by atoms with E-state index in [1.54, 1.807) is 0 Å². The summed E-state index contributed by atoms with van der Waals surface area (Å²) in [5.41, 5.74) is 3.03. The average molecular weight is 300 g/mol. The van der Waals surface area contributed by atoms with E-state index in [4.69, 9.17) is 0 Å². The molecule has 0 radical (unpaired) electrons. The van der Waals surface area contributed by atoms with Gasteiger partial charge in [-0.3, -0.25) is 0 Å². The summed E-state index contributed by atoms with van der Waals surface area (Å²) in [6, 6.07) is 8.72. The molecule has 2 heterocycles. The van der Waals surface area contributed by atoms with Gasteiger partial charge < -0.3 is 9.80 Å². The molecule has 2 atom stereocenters. The summed E-state index contributed by atoms with van der Waals surface area (Å²) < 4.78 is 0. The van der Waals surface area contributed by atoms with Crippen molar-refractivity contribution in [2.24, 2.45) is 11.8 Å². The largest absolute Gasteiger partial charge is 0.306 e. The molecule has 0 amide bonds. The van der Waals surface area contributed by atoms with E-state index >= 15 is 0 Å². The van der Waals surface area contributed by atoms with Crippen LogP contribution < -0.4 is 0 Å². The maximum Gasteiger partial charge on any atom is 0.0233 e. The van der Waals surface area contributed by atoms with Gasteiger partial charge in [-0.05, 0) is 62.9 Å². The van der Waals surface area contributed by atoms with Crippen LogP contribution in [0.5, 0.6) is 0 Å². The molecule has 2 aliphatic heterocycles. The van der Waals surface area contributed by atoms with E-state index in [-0.39, 0.29) is 0 Å². The molecule has 4 rings (SSSR count). The number of benzene rings is 1. The molecule has 122 valence electrons. The highest BCUT2D eigenvalue weighted by molar-refractivity contribution is 5.28. The first-order valence-corrected chi connectivity index (χ1v) is 9.16. The van der Waals surface area contributed by atoms with Gasteiger partial charge in [-0.2, -0.15) is 0 Å². The molecule has 2 nitrogen and oxygen atoms in total. The fourth-order valence-corrected chi connectivity index (χ4v) is 4.42. The highest BCUT2D eigenvalue weighted by atomic mass is 15.1. The van der Waals surface area contributed by atoms with Crippen molar-refractivity contribution in [2.45, 2.75) is 45.1 Å². The lowest BCUT2D eigenvalue weighted by atomic mass is 9.75. The van der Waals surface area contributed by atoms with Crippen molar-refractivity contribution in [1.29, 1.82) is 0 Å². The van der Waals surface area contributed by atoms with Crippen LogP contribution >= 0.6 is 0 Å². The molecule has 0 N–H and O–H groups in total. The van der Waals surface area contributed by atoms with E-state index < -0.39 is 0 Å². The zero-order valence-electron chi connectivity index (χ0n) is 14.4. The minimum atomic E-state index is 1.06. The highest BCUT2D eigenvalue weighted by Crippen LogP contribution is 2.35. The van der Waals surface area contributed by atoms with E-state index in [1.807, 2.05) is 0 Å². The van der Waals surface area contributed by atoms with Gasteiger partial charge in [-0.25, -0.2) is 0 Å². The smallest absolute Gasteiger partial charge is 0.0233 e. The molecule has 1 aromatic carbocycles. The third-order valence-corrected chi connectivity index (χ3v) is 5.82. The molecule has 1 saturated carbocycles. The molecule has 0 aromatic heterocycles. The van der Waals surface area contributed by atoms with E-state index in [0.29, 0.717) is 0 Å². The molecular formula is C20H32N2. The standard InChI is InChI=1S/C10H19N.C10H13N/c2*1-11-7-6-9-4-2-3-5-10(9)8-11/h9-10H,2-8H2,1H3;2-5H,6-8H2,1H3. The van der Waals surface area contributed by atoms with Gasteiger partial charge in [-0.15, -0.1) is 0 Å². The Morgan fingerprint density at radius 1 is 0.818 bits per heavy atom. The van der Waals surface area contributed by atoms with Crippen LogP contribution in [0.2, 0.25) is 0 Å². The summed E-state index contributed by atoms with van der Waals surface area (Å²) in [7, 11) is 4.45. The van der Waals surface area contributed by atoms with Crippen molar-refractivity contribution in [3.8, 4) is 0 Å². The quantitative estimate of drug-likeness (QED) is 0.719. The van der Waals surface area contributed by atoms with E-state index in [0.717, 1.165) is 18.4 Å². The Kier molecular flexibility index (Phi) is 5.54. The van der Waals surface area contributed by atoms with Crippen molar-refractivity contribution in [3.63, 3.8) is 0 Å². The lowest BCUT2D eigenvalue weighted by molar-refractivity contribution is 0.105. The molecule has 1 saturated heterocycles. The maximum atomic E-state index is 2.51. The fourth-order valence-electron chi connectivity index (χ4n) is 4.42. The second-order valence-electron chi connectivity index (χ2n) is 7.61. The van der Waals surface area contributed by atoms with Crippen LogP contribution in [0.1, 0.15) is 43.2 Å². The minimum absolute atomic E-state index is 1.06. The first-order valence-electron chi connectivity index (χ1n) is 9.16. The number of fused-ring (bicyclic) bond motifs is 2. The number of likely N-dealkylation sites (tertiary alicyclic amines) is 1. The Bertz CT molecular complexity index is 471. The number of hydrogen-bond acceptors (Lipinski definition) is 2. The van der Waals surface area contributed by atoms with Crippen LogP contribution in [0.15, 0.2) is 24.3 Å². The Balaban J connectivity index is 0.000000131. The summed E-state index contributed by atoms with van der Waals surface area (Å²) >= 11 is 0. The Hall–Kier alpha value is -0.860. The molecule has 1 aromatic rings. The van der Waals surface area contributed by atoms with Crippen LogP contribution in [0.25, 0.3) is 0 Å². The SMILES string of the molecule is CN1CCC2CCCCC2C1.CN1CCc2ccccc2C1. The van der Waals surface area contributed by atoms with Crippen molar-refractivity contribution >= 4 is 0 Å². The van der Waals surface area contributed by atoms with E-state index in [1.165, 1.54) is 69.3 Å². The van der Waals surface area contributed by atoms with Gasteiger partial charge in [0.15, 0.2) is 0 Å². The molecule has 0 bridgehead atoms. The number of likely N-dealkylation sites (N-methyl/N-ethyl adjacent to an activating group) is 1. The number of nitrogens with zero attached hydrogens (tertiary/aromatic N) is 2. The molecule has 3 aliphatic rings. The predicted octanol–water partition coefficient (Wildman–Crippen LogP) is 3.80. The monoisotopic (exact) mass is 300 g/mol. The fraction of sp³-hybridized carbons (Fsp3) is 0.700. The maximum absolute atomic E-state index is 2.51. The number of piperidine rings is 1. The van der Waals surface area contributed by atoms with Crippen LogP contribution in [0.3, 0.4) is 0 Å². The summed E-state index contributed by atoms with van der Waals surface area (Å²) in [5.74, 6) is 2.16. The van der Waals surface area contributed by atoms with Crippen molar-refractivity contribution < 1.29 is 0 Å². The van der Waals surface area contributed by atoms with Gasteiger partial charge >= 0.3 is 0 Å². The first kappa shape index (κ1) is 16.0. The molecule has 2 fully saturated rings. The summed E-state index contributed by atoms with van der Waals surface area (Å²) in [6.45, 7) is 5.05. The average Bonchev–Trinajstić information content (AvgIpc) is 2.55. The molecule has 1 aliphatic carbocycles. The van der Waals surface area contributed by atoms with Gasteiger partial charge in [0.25, 0.3) is 0 Å². The Labute approximate surface area is 136 Å². The van der Waals surface area contributed by atoms with Gasteiger partial charge in [0.05, 0.1) is 0 Å². The third-order valence-electron chi connectivity index (χ3n) is 5.82. The molecular weight excluding hydrogens is 268 g/mol. The normalized spacial score (nSPS) is 29.0. The molecule has 2 unspecified atom stereocenters. The minimum Gasteiger partial charge on any atom is -0.306 e. The molecule has 22 heavy (non-hydrogen) atoms. The van der Waals surface area contributed by atoms with Gasteiger partial charge in [-0.1, -0.05) is 43.5 Å². The Morgan fingerprint density at radius 3 is 2.36 bits per heavy atom. The number of hydrogen-bond donors (Lipinski definition) is 0. The van der Waals surface area contributed by atoms with Crippen LogP contribution in [-0.4, -0.2) is 43.5 Å². The van der Waals surface area contributed by atoms with Gasteiger partial charge in [0.2, 0.25) is 0 Å². The second kappa shape index (κ2) is 7.61. The zero-order valence-corrected chi connectivity index (χ0v) is 14.4. The van der Waals surface area contributed by atoms with Crippen LogP contribution in [0.4, 0.5) is 0 Å². The van der Waals surface area contributed by atoms with E-state index in [2.05, 4.69) is 48.2 Å². The molecule has 0 spiro atoms. The lowest BCUT2D eigenvalue weighted by Crippen LogP contribution is -2.39. The summed E-state index contributed by atoms with van der Waals surface area (Å²) in [6.07, 6.45) is 8.72. The molecule has 2 heteroatoms. The second-order valence-corrected chi connectivity index (χ2v) is 7.61. The zero-order chi connectivity index (χ0) is 15.4. The van der Waals surface area contributed by atoms with Crippen molar-refractivity contribution in [1.82, 2.24) is 9.80 Å². The Morgan fingerprint density at radius 2 is 1.55 bits per heavy atom. The number of rotatable bonds is 0. The third kappa shape index (κ3) is 4.11. The van der Waals surface area contributed by atoms with Gasteiger partial charge in [0, 0.05) is 19.6 Å². The predicted molar refractivity (Wildman–Crippen MR) is 94.0 cm³/mol. The van der Waals surface area contributed by atoms with Gasteiger partial charge in [0.1, 0.15) is 0 Å². The lowest BCUT2D eigenvalue weighted by Gasteiger charge is -2.39.